The summed E-state index contributed by atoms with van der Waals surface area (Å²) >= 11 is 4.32. The number of carbonyl (C=O) groups is 3. The first-order valence-corrected chi connectivity index (χ1v) is 11.8. The molecule has 1 saturated heterocycles. The number of esters is 1. The monoisotopic (exact) mass is 544 g/mol. The number of nitrogens with zero attached hydrogens (tertiary/aromatic N) is 2. The summed E-state index contributed by atoms with van der Waals surface area (Å²) in [6, 6.07) is 10.8. The average molecular weight is 545 g/mol. The maximum atomic E-state index is 13.4. The molecule has 0 unspecified atom stereocenters. The molecule has 1 atom stereocenters. The highest BCUT2D eigenvalue weighted by Gasteiger charge is 2.48. The van der Waals surface area contributed by atoms with E-state index in [2.05, 4.69) is 20.9 Å². The lowest BCUT2D eigenvalue weighted by molar-refractivity contribution is -0.132. The van der Waals surface area contributed by atoms with Crippen LogP contribution in [-0.2, 0) is 14.3 Å². The minimum Gasteiger partial charge on any atom is -0.507 e. The Morgan fingerprint density at radius 3 is 2.59 bits per heavy atom. The third-order valence-corrected chi connectivity index (χ3v) is 6.81. The molecule has 1 aromatic heterocycles. The van der Waals surface area contributed by atoms with Crippen LogP contribution in [0.1, 0.15) is 39.5 Å². The number of Topliss-reactive ketones (excluding diaryl/α,β-unsaturated/α-hetero) is 1. The summed E-state index contributed by atoms with van der Waals surface area (Å²) in [6.07, 6.45) is 0. The highest BCUT2D eigenvalue weighted by atomic mass is 79.9. The van der Waals surface area contributed by atoms with Crippen LogP contribution >= 0.6 is 27.3 Å². The Kier molecular flexibility index (Phi) is 6.63. The van der Waals surface area contributed by atoms with Gasteiger partial charge in [0.2, 0.25) is 0 Å². The van der Waals surface area contributed by atoms with E-state index in [1.165, 1.54) is 17.0 Å². The van der Waals surface area contributed by atoms with Gasteiger partial charge in [-0.25, -0.2) is 14.2 Å². The van der Waals surface area contributed by atoms with Crippen LogP contribution < -0.4 is 4.90 Å². The summed E-state index contributed by atoms with van der Waals surface area (Å²) in [6.45, 7) is 3.46. The number of ether oxygens (including phenoxy) is 1. The Bertz CT molecular complexity index is 1340. The fourth-order valence-corrected chi connectivity index (χ4v) is 5.06. The van der Waals surface area contributed by atoms with Crippen molar-refractivity contribution in [3.63, 3.8) is 0 Å². The van der Waals surface area contributed by atoms with E-state index in [1.807, 2.05) is 0 Å². The van der Waals surface area contributed by atoms with Crippen molar-refractivity contribution in [2.45, 2.75) is 19.9 Å². The van der Waals surface area contributed by atoms with Crippen molar-refractivity contribution < 1.29 is 28.6 Å². The van der Waals surface area contributed by atoms with Crippen molar-refractivity contribution in [3.05, 3.63) is 86.1 Å². The molecule has 7 nitrogen and oxygen atoms in total. The highest BCUT2D eigenvalue weighted by Crippen LogP contribution is 2.44. The van der Waals surface area contributed by atoms with Gasteiger partial charge in [0.05, 0.1) is 23.9 Å². The zero-order chi connectivity index (χ0) is 24.6. The zero-order valence-electron chi connectivity index (χ0n) is 18.0. The molecule has 1 fully saturated rings. The van der Waals surface area contributed by atoms with Gasteiger partial charge >= 0.3 is 11.9 Å². The minimum atomic E-state index is -1.02. The SMILES string of the molecule is CCOC(=O)c1sc(N2C(=O)C(=O)C(=C(O)c3ccc(F)cc3)[C@@H]2c2cccc(Br)c2)nc1C. The van der Waals surface area contributed by atoms with Gasteiger partial charge < -0.3 is 9.84 Å². The number of ketones is 1. The van der Waals surface area contributed by atoms with Gasteiger partial charge in [0.25, 0.3) is 5.78 Å². The number of aliphatic hydroxyl groups is 1. The molecule has 2 aromatic carbocycles. The summed E-state index contributed by atoms with van der Waals surface area (Å²) in [5, 5.41) is 11.2. The molecule has 0 spiro atoms. The van der Waals surface area contributed by atoms with Crippen LogP contribution in [0.15, 0.2) is 58.6 Å². The van der Waals surface area contributed by atoms with E-state index in [1.54, 1.807) is 38.1 Å². The van der Waals surface area contributed by atoms with Crippen LogP contribution in [0.3, 0.4) is 0 Å². The fourth-order valence-electron chi connectivity index (χ4n) is 3.66. The summed E-state index contributed by atoms with van der Waals surface area (Å²) < 4.78 is 19.2. The number of anilines is 1. The van der Waals surface area contributed by atoms with Gasteiger partial charge in [-0.05, 0) is 55.8 Å². The standard InChI is InChI=1S/C24H18BrFN2O5S/c1-3-33-23(32)21-12(2)27-24(34-21)28-18(14-5-4-6-15(25)11-14)17(20(30)22(28)31)19(29)13-7-9-16(26)10-8-13/h4-11,18,29H,3H2,1-2H3/t18-/m0/s1. The average Bonchev–Trinajstić information content (AvgIpc) is 3.31. The number of rotatable bonds is 5. The van der Waals surface area contributed by atoms with E-state index in [9.17, 15) is 23.9 Å². The number of aryl methyl sites for hydroxylation is 1. The molecular weight excluding hydrogens is 527 g/mol. The van der Waals surface area contributed by atoms with Crippen LogP contribution in [0.4, 0.5) is 9.52 Å². The second-order valence-corrected chi connectivity index (χ2v) is 9.26. The largest absolute Gasteiger partial charge is 0.507 e. The number of thiazole rings is 1. The molecule has 0 saturated carbocycles. The second kappa shape index (κ2) is 9.47. The van der Waals surface area contributed by atoms with Gasteiger partial charge in [-0.3, -0.25) is 14.5 Å². The first-order valence-electron chi connectivity index (χ1n) is 10.2. The van der Waals surface area contributed by atoms with Crippen LogP contribution in [0, 0.1) is 12.7 Å². The first kappa shape index (κ1) is 23.8. The second-order valence-electron chi connectivity index (χ2n) is 7.36. The minimum absolute atomic E-state index is 0.116. The van der Waals surface area contributed by atoms with Crippen molar-refractivity contribution in [1.29, 1.82) is 0 Å². The van der Waals surface area contributed by atoms with Gasteiger partial charge in [0.1, 0.15) is 16.5 Å². The van der Waals surface area contributed by atoms with E-state index in [-0.39, 0.29) is 27.8 Å². The van der Waals surface area contributed by atoms with Crippen LogP contribution in [0.25, 0.3) is 5.76 Å². The molecule has 1 amide bonds. The topological polar surface area (TPSA) is 96.8 Å². The Morgan fingerprint density at radius 1 is 1.24 bits per heavy atom. The van der Waals surface area contributed by atoms with Gasteiger partial charge in [-0.2, -0.15) is 0 Å². The number of aromatic nitrogens is 1. The smallest absolute Gasteiger partial charge is 0.350 e. The van der Waals surface area contributed by atoms with Crippen molar-refractivity contribution >= 4 is 55.8 Å². The summed E-state index contributed by atoms with van der Waals surface area (Å²) in [5.41, 5.74) is 0.900. The molecule has 1 N–H and O–H groups in total. The molecule has 4 rings (SSSR count). The first-order chi connectivity index (χ1) is 16.2. The summed E-state index contributed by atoms with van der Waals surface area (Å²) in [4.78, 5) is 44.4. The van der Waals surface area contributed by atoms with Gasteiger partial charge in [-0.1, -0.05) is 39.4 Å². The van der Waals surface area contributed by atoms with Gasteiger partial charge in [0.15, 0.2) is 5.13 Å². The lowest BCUT2D eigenvalue weighted by atomic mass is 9.95. The Hall–Kier alpha value is -3.37. The maximum absolute atomic E-state index is 13.4. The maximum Gasteiger partial charge on any atom is 0.350 e. The Morgan fingerprint density at radius 2 is 1.94 bits per heavy atom. The number of benzene rings is 2. The van der Waals surface area contributed by atoms with Crippen LogP contribution in [0.2, 0.25) is 0 Å². The Balaban J connectivity index is 1.91. The molecule has 2 heterocycles. The van der Waals surface area contributed by atoms with Gasteiger partial charge in [-0.15, -0.1) is 0 Å². The molecule has 34 heavy (non-hydrogen) atoms. The van der Waals surface area contributed by atoms with Crippen LogP contribution in [0.5, 0.6) is 0 Å². The molecule has 174 valence electrons. The fraction of sp³-hybridized carbons (Fsp3) is 0.167. The number of hydrogen-bond acceptors (Lipinski definition) is 7. The number of aliphatic hydroxyl groups excluding tert-OH is 1. The summed E-state index contributed by atoms with van der Waals surface area (Å²) in [7, 11) is 0. The van der Waals surface area contributed by atoms with Gasteiger partial charge in [0, 0.05) is 10.0 Å². The number of carbonyl (C=O) groups excluding carboxylic acids is 3. The number of hydrogen-bond donors (Lipinski definition) is 1. The third-order valence-electron chi connectivity index (χ3n) is 5.18. The molecule has 1 aliphatic heterocycles. The van der Waals surface area contributed by atoms with E-state index in [0.29, 0.717) is 15.7 Å². The molecular formula is C24H18BrFN2O5S. The molecule has 0 bridgehead atoms. The molecule has 3 aromatic rings. The molecule has 0 radical (unpaired) electrons. The lowest BCUT2D eigenvalue weighted by Crippen LogP contribution is -2.29. The molecule has 0 aliphatic carbocycles. The predicted molar refractivity (Wildman–Crippen MR) is 128 cm³/mol. The van der Waals surface area contributed by atoms with Crippen molar-refractivity contribution in [2.75, 3.05) is 11.5 Å². The quantitative estimate of drug-likeness (QED) is 0.206. The highest BCUT2D eigenvalue weighted by molar-refractivity contribution is 9.10. The normalized spacial score (nSPS) is 17.3. The summed E-state index contributed by atoms with van der Waals surface area (Å²) in [5.74, 6) is -3.35. The zero-order valence-corrected chi connectivity index (χ0v) is 20.4. The van der Waals surface area contributed by atoms with E-state index in [4.69, 9.17) is 4.74 Å². The van der Waals surface area contributed by atoms with Crippen molar-refractivity contribution in [1.82, 2.24) is 4.98 Å². The Labute approximate surface area is 206 Å². The van der Waals surface area contributed by atoms with E-state index < -0.39 is 35.3 Å². The number of halogens is 2. The van der Waals surface area contributed by atoms with Crippen molar-refractivity contribution in [3.8, 4) is 0 Å². The lowest BCUT2D eigenvalue weighted by Gasteiger charge is -2.23. The van der Waals surface area contributed by atoms with Crippen molar-refractivity contribution in [2.24, 2.45) is 0 Å². The third kappa shape index (κ3) is 4.26. The van der Waals surface area contributed by atoms with E-state index in [0.717, 1.165) is 23.5 Å². The molecule has 10 heteroatoms. The molecule has 1 aliphatic rings. The van der Waals surface area contributed by atoms with E-state index >= 15 is 0 Å². The predicted octanol–water partition coefficient (Wildman–Crippen LogP) is 5.16. The number of amides is 1. The van der Waals surface area contributed by atoms with Crippen LogP contribution in [-0.4, -0.2) is 34.4 Å².